The molecule has 5 N–H and O–H groups in total. The number of nitrogens with one attached hydrogen (secondary N) is 2. The first-order valence-corrected chi connectivity index (χ1v) is 11.4. The molecule has 0 spiro atoms. The van der Waals surface area contributed by atoms with Gasteiger partial charge in [-0.15, -0.1) is 0 Å². The molecular weight excluding hydrogens is 425 g/mol. The highest BCUT2D eigenvalue weighted by molar-refractivity contribution is 6.58. The molecule has 3 rings (SSSR count). The second kappa shape index (κ2) is 11.0. The van der Waals surface area contributed by atoms with Crippen LogP contribution in [0.2, 0.25) is 0 Å². The fraction of sp³-hybridized carbons (Fsp3) is 0.478. The predicted molar refractivity (Wildman–Crippen MR) is 126 cm³/mol. The van der Waals surface area contributed by atoms with Crippen LogP contribution < -0.4 is 10.6 Å². The molecular formula is C23H33BN3O6-. The summed E-state index contributed by atoms with van der Waals surface area (Å²) < 4.78 is 5.29. The Bertz CT molecular complexity index is 953. The lowest BCUT2D eigenvalue weighted by molar-refractivity contribution is -0.123. The van der Waals surface area contributed by atoms with Gasteiger partial charge < -0.3 is 35.3 Å². The molecule has 3 amide bonds. The highest BCUT2D eigenvalue weighted by Crippen LogP contribution is 2.20. The van der Waals surface area contributed by atoms with Crippen molar-refractivity contribution in [2.75, 3.05) is 26.3 Å². The SMILES string of the molecule is CC(C)C[C@H](NC(=O)[C@@H](Cc1cccc2ccccc12)NC(=O)N1CCOCC1)[B-](O)(O)O. The summed E-state index contributed by atoms with van der Waals surface area (Å²) in [6, 6.07) is 12.1. The van der Waals surface area contributed by atoms with Crippen LogP contribution in [0, 0.1) is 5.92 Å². The van der Waals surface area contributed by atoms with E-state index < -0.39 is 30.7 Å². The Morgan fingerprint density at radius 3 is 2.36 bits per heavy atom. The highest BCUT2D eigenvalue weighted by atomic mass is 16.5. The smallest absolute Gasteiger partial charge is 0.393 e. The maximum Gasteiger partial charge on any atom is 0.393 e. The van der Waals surface area contributed by atoms with Crippen molar-refractivity contribution in [2.24, 2.45) is 5.92 Å². The minimum atomic E-state index is -3.78. The zero-order chi connectivity index (χ0) is 24.0. The lowest BCUT2D eigenvalue weighted by Crippen LogP contribution is -2.62. The van der Waals surface area contributed by atoms with Gasteiger partial charge in [0.1, 0.15) is 6.04 Å². The van der Waals surface area contributed by atoms with Crippen LogP contribution in [-0.2, 0) is 16.0 Å². The van der Waals surface area contributed by atoms with Gasteiger partial charge in [0, 0.05) is 19.5 Å². The van der Waals surface area contributed by atoms with Crippen molar-refractivity contribution in [1.82, 2.24) is 15.5 Å². The molecule has 0 bridgehead atoms. The van der Waals surface area contributed by atoms with Crippen LogP contribution in [0.5, 0.6) is 0 Å². The third-order valence-corrected chi connectivity index (χ3v) is 5.81. The molecule has 0 saturated carbocycles. The molecule has 33 heavy (non-hydrogen) atoms. The summed E-state index contributed by atoms with van der Waals surface area (Å²) in [6.45, 7) is 1.59. The van der Waals surface area contributed by atoms with Crippen LogP contribution in [0.4, 0.5) is 4.79 Å². The molecule has 1 saturated heterocycles. The van der Waals surface area contributed by atoms with Crippen LogP contribution in [-0.4, -0.2) is 77.0 Å². The van der Waals surface area contributed by atoms with Gasteiger partial charge in [-0.05, 0) is 28.2 Å². The Hall–Kier alpha value is -2.66. The molecule has 9 nitrogen and oxygen atoms in total. The number of hydrogen-bond acceptors (Lipinski definition) is 6. The summed E-state index contributed by atoms with van der Waals surface area (Å²) in [6.07, 6.45) is 0.355. The van der Waals surface area contributed by atoms with Gasteiger partial charge in [-0.3, -0.25) is 4.79 Å². The molecule has 0 radical (unpaired) electrons. The number of urea groups is 1. The Balaban J connectivity index is 1.85. The van der Waals surface area contributed by atoms with E-state index in [1.54, 1.807) is 4.90 Å². The Labute approximate surface area is 193 Å². The fourth-order valence-electron chi connectivity index (χ4n) is 4.05. The number of nitrogens with zero attached hydrogens (tertiary/aromatic N) is 1. The third-order valence-electron chi connectivity index (χ3n) is 5.81. The first-order chi connectivity index (χ1) is 15.6. The van der Waals surface area contributed by atoms with Gasteiger partial charge in [-0.2, -0.15) is 0 Å². The molecule has 0 aliphatic carbocycles. The summed E-state index contributed by atoms with van der Waals surface area (Å²) in [4.78, 5) is 27.7. The fourth-order valence-corrected chi connectivity index (χ4v) is 4.05. The average molecular weight is 458 g/mol. The predicted octanol–water partition coefficient (Wildman–Crippen LogP) is 0.779. The average Bonchev–Trinajstić information content (AvgIpc) is 2.78. The van der Waals surface area contributed by atoms with E-state index >= 15 is 0 Å². The van der Waals surface area contributed by atoms with Gasteiger partial charge in [0.25, 0.3) is 0 Å². The van der Waals surface area contributed by atoms with Crippen molar-refractivity contribution in [3.05, 3.63) is 48.0 Å². The number of morpholine rings is 1. The largest absolute Gasteiger partial charge is 0.558 e. The Morgan fingerprint density at radius 2 is 1.70 bits per heavy atom. The molecule has 2 atom stereocenters. The quantitative estimate of drug-likeness (QED) is 0.372. The van der Waals surface area contributed by atoms with Gasteiger partial charge in [0.15, 0.2) is 0 Å². The van der Waals surface area contributed by atoms with Crippen LogP contribution in [0.3, 0.4) is 0 Å². The Morgan fingerprint density at radius 1 is 1.03 bits per heavy atom. The van der Waals surface area contributed by atoms with Crippen molar-refractivity contribution >= 4 is 29.5 Å². The topological polar surface area (TPSA) is 131 Å². The number of rotatable bonds is 8. The summed E-state index contributed by atoms with van der Waals surface area (Å²) in [7, 11) is 0. The van der Waals surface area contributed by atoms with Crippen LogP contribution >= 0.6 is 0 Å². The van der Waals surface area contributed by atoms with E-state index in [-0.39, 0.29) is 18.8 Å². The molecule has 180 valence electrons. The minimum Gasteiger partial charge on any atom is -0.558 e. The lowest BCUT2D eigenvalue weighted by Gasteiger charge is -2.35. The molecule has 2 aromatic rings. The van der Waals surface area contributed by atoms with Gasteiger partial charge >= 0.3 is 12.8 Å². The van der Waals surface area contributed by atoms with Gasteiger partial charge in [-0.1, -0.05) is 62.7 Å². The van der Waals surface area contributed by atoms with E-state index in [0.29, 0.717) is 26.3 Å². The maximum absolute atomic E-state index is 13.2. The number of fused-ring (bicyclic) bond motifs is 1. The number of benzene rings is 2. The summed E-state index contributed by atoms with van der Waals surface area (Å²) >= 11 is 0. The van der Waals surface area contributed by atoms with Crippen LogP contribution in [0.25, 0.3) is 10.8 Å². The number of carbonyl (C=O) groups excluding carboxylic acids is 2. The zero-order valence-corrected chi connectivity index (χ0v) is 19.1. The van der Waals surface area contributed by atoms with E-state index in [4.69, 9.17) is 4.74 Å². The van der Waals surface area contributed by atoms with Crippen molar-refractivity contribution in [3.63, 3.8) is 0 Å². The summed E-state index contributed by atoms with van der Waals surface area (Å²) in [5.41, 5.74) is 0.865. The second-order valence-electron chi connectivity index (χ2n) is 8.98. The number of ether oxygens (including phenoxy) is 1. The molecule has 2 aromatic carbocycles. The van der Waals surface area contributed by atoms with E-state index in [0.717, 1.165) is 16.3 Å². The van der Waals surface area contributed by atoms with E-state index in [1.165, 1.54) is 0 Å². The van der Waals surface area contributed by atoms with E-state index in [2.05, 4.69) is 10.6 Å². The minimum absolute atomic E-state index is 0.0116. The van der Waals surface area contributed by atoms with Crippen molar-refractivity contribution < 1.29 is 29.4 Å². The van der Waals surface area contributed by atoms with Crippen LogP contribution in [0.1, 0.15) is 25.8 Å². The maximum atomic E-state index is 13.2. The van der Waals surface area contributed by atoms with Gasteiger partial charge in [0.2, 0.25) is 5.91 Å². The summed E-state index contributed by atoms with van der Waals surface area (Å²) in [5, 5.41) is 36.8. The lowest BCUT2D eigenvalue weighted by atomic mass is 9.66. The van der Waals surface area contributed by atoms with Gasteiger partial charge in [0.05, 0.1) is 13.2 Å². The number of hydrogen-bond donors (Lipinski definition) is 5. The molecule has 1 aliphatic heterocycles. The molecule has 10 heteroatoms. The van der Waals surface area contributed by atoms with E-state index in [1.807, 2.05) is 56.3 Å². The number of carbonyl (C=O) groups is 2. The second-order valence-corrected chi connectivity index (χ2v) is 8.98. The monoisotopic (exact) mass is 458 g/mol. The molecule has 1 fully saturated rings. The highest BCUT2D eigenvalue weighted by Gasteiger charge is 2.33. The third kappa shape index (κ3) is 6.91. The normalized spacial score (nSPS) is 16.5. The van der Waals surface area contributed by atoms with Crippen molar-refractivity contribution in [3.8, 4) is 0 Å². The van der Waals surface area contributed by atoms with Crippen LogP contribution in [0.15, 0.2) is 42.5 Å². The molecule has 1 heterocycles. The van der Waals surface area contributed by atoms with Crippen molar-refractivity contribution in [1.29, 1.82) is 0 Å². The van der Waals surface area contributed by atoms with Gasteiger partial charge in [-0.25, -0.2) is 4.79 Å². The first-order valence-electron chi connectivity index (χ1n) is 11.4. The molecule has 0 unspecified atom stereocenters. The Kier molecular flexibility index (Phi) is 8.31. The number of amides is 3. The zero-order valence-electron chi connectivity index (χ0n) is 19.1. The van der Waals surface area contributed by atoms with Crippen molar-refractivity contribution in [2.45, 2.75) is 38.7 Å². The molecule has 0 aromatic heterocycles. The molecule has 1 aliphatic rings. The summed E-state index contributed by atoms with van der Waals surface area (Å²) in [5.74, 6) is -1.87. The standard InChI is InChI=1S/C23H33BN3O6/c1-16(2)14-21(24(30,31)32)26-22(28)20(25-23(29)27-10-12-33-13-11-27)15-18-8-5-7-17-6-3-4-9-19(17)18/h3-9,16,20-21,30-32H,10-15H2,1-2H3,(H,25,29)(H,26,28)/q-1/t20-,21+/m1/s1. The van der Waals surface area contributed by atoms with E-state index in [9.17, 15) is 24.7 Å². The first kappa shape index (κ1) is 25.0.